The number of carbonyl (C=O) groups excluding carboxylic acids is 1. The smallest absolute Gasteiger partial charge is 0.262 e. The van der Waals surface area contributed by atoms with Crippen LogP contribution in [0.2, 0.25) is 0 Å². The lowest BCUT2D eigenvalue weighted by molar-refractivity contribution is 0.0976. The molecule has 0 aromatic heterocycles. The molecule has 0 bridgehead atoms. The van der Waals surface area contributed by atoms with Crippen LogP contribution in [0.3, 0.4) is 0 Å². The quantitative estimate of drug-likeness (QED) is 0.274. The van der Waals surface area contributed by atoms with Crippen molar-refractivity contribution in [3.05, 3.63) is 99.6 Å². The average Bonchev–Trinajstić information content (AvgIpc) is 3.03. The van der Waals surface area contributed by atoms with E-state index in [9.17, 15) is 18.3 Å². The third kappa shape index (κ3) is 5.32. The second-order valence-electron chi connectivity index (χ2n) is 11.1. The fourth-order valence-corrected chi connectivity index (χ4v) is 8.01. The van der Waals surface area contributed by atoms with Gasteiger partial charge in [0.25, 0.3) is 5.91 Å². The summed E-state index contributed by atoms with van der Waals surface area (Å²) in [6.07, 6.45) is 1.26. The maximum atomic E-state index is 16.1. The number of nitrogens with one attached hydrogen (secondary N) is 1. The summed E-state index contributed by atoms with van der Waals surface area (Å²) < 4.78 is 59.1. The third-order valence-corrected chi connectivity index (χ3v) is 9.63. The molecule has 3 aromatic carbocycles. The van der Waals surface area contributed by atoms with E-state index in [0.29, 0.717) is 18.4 Å². The first-order valence-electron chi connectivity index (χ1n) is 13.2. The predicted octanol–water partition coefficient (Wildman–Crippen LogP) is 6.50. The monoisotopic (exact) mass is 576 g/mol. The number of benzene rings is 3. The average molecular weight is 577 g/mol. The minimum absolute atomic E-state index is 0.0613. The van der Waals surface area contributed by atoms with Crippen LogP contribution in [0.1, 0.15) is 61.1 Å². The van der Waals surface area contributed by atoms with Crippen molar-refractivity contribution in [1.82, 2.24) is 0 Å². The van der Waals surface area contributed by atoms with E-state index in [4.69, 9.17) is 0 Å². The van der Waals surface area contributed by atoms with E-state index in [2.05, 4.69) is 17.2 Å². The van der Waals surface area contributed by atoms with Gasteiger partial charge in [-0.3, -0.25) is 9.69 Å². The van der Waals surface area contributed by atoms with Crippen LogP contribution in [-0.2, 0) is 16.3 Å². The van der Waals surface area contributed by atoms with Crippen molar-refractivity contribution in [3.63, 3.8) is 0 Å². The standard InChI is InChI=1S/C32H30F2N2O4S/c1-4-5-6-10-20-15-16-21(24(34)17-20)29-30-25(18-32(2,3)19-41(30,39)40)35-28-26(13-9-14-27(28)37)36(29)31(38)22-11-7-8-12-23(22)33/h7-9,11-17,29,35,37H,6,10,18-19H2,1-3H3/t29-/m0/s1. The maximum Gasteiger partial charge on any atom is 0.262 e. The van der Waals surface area contributed by atoms with Crippen molar-refractivity contribution >= 4 is 27.1 Å². The number of carbonyl (C=O) groups is 1. The molecule has 1 amide bonds. The van der Waals surface area contributed by atoms with Crippen molar-refractivity contribution in [2.75, 3.05) is 16.0 Å². The molecular weight excluding hydrogens is 546 g/mol. The van der Waals surface area contributed by atoms with Crippen LogP contribution in [0.4, 0.5) is 20.2 Å². The summed E-state index contributed by atoms with van der Waals surface area (Å²) >= 11 is 0. The molecule has 2 aliphatic rings. The molecule has 5 rings (SSSR count). The SMILES string of the molecule is CC#CCCc1ccc([C@H]2C3=C(CC(C)(C)CS3(=O)=O)Nc3c(O)cccc3N2C(=O)c2ccccc2F)c(F)c1. The van der Waals surface area contributed by atoms with Gasteiger partial charge in [0.15, 0.2) is 9.84 Å². The van der Waals surface area contributed by atoms with Crippen molar-refractivity contribution in [2.45, 2.75) is 46.1 Å². The number of hydrogen-bond donors (Lipinski definition) is 2. The Hall–Kier alpha value is -4.16. The van der Waals surface area contributed by atoms with Gasteiger partial charge in [0.1, 0.15) is 29.1 Å². The summed E-state index contributed by atoms with van der Waals surface area (Å²) in [6.45, 7) is 5.33. The zero-order valence-corrected chi connectivity index (χ0v) is 23.8. The first kappa shape index (κ1) is 28.4. The highest BCUT2D eigenvalue weighted by molar-refractivity contribution is 7.95. The molecule has 0 saturated heterocycles. The number of anilines is 2. The molecule has 6 nitrogen and oxygen atoms in total. The van der Waals surface area contributed by atoms with Gasteiger partial charge >= 0.3 is 0 Å². The number of nitrogens with zero attached hydrogens (tertiary/aromatic N) is 1. The molecule has 0 unspecified atom stereocenters. The molecule has 0 fully saturated rings. The van der Waals surface area contributed by atoms with E-state index in [0.717, 1.165) is 11.0 Å². The van der Waals surface area contributed by atoms with Gasteiger partial charge in [0, 0.05) is 17.7 Å². The Labute approximate surface area is 238 Å². The third-order valence-electron chi connectivity index (χ3n) is 7.33. The Morgan fingerprint density at radius 2 is 1.85 bits per heavy atom. The van der Waals surface area contributed by atoms with Crippen molar-refractivity contribution in [1.29, 1.82) is 0 Å². The Bertz CT molecular complexity index is 1750. The van der Waals surface area contributed by atoms with Crippen LogP contribution in [0.5, 0.6) is 5.75 Å². The van der Waals surface area contributed by atoms with E-state index in [1.54, 1.807) is 26.8 Å². The number of amides is 1. The molecule has 2 heterocycles. The van der Waals surface area contributed by atoms with E-state index in [-0.39, 0.29) is 51.0 Å². The lowest BCUT2D eigenvalue weighted by Crippen LogP contribution is -2.41. The van der Waals surface area contributed by atoms with Gasteiger partial charge in [-0.25, -0.2) is 17.2 Å². The first-order chi connectivity index (χ1) is 19.4. The highest BCUT2D eigenvalue weighted by Crippen LogP contribution is 2.52. The van der Waals surface area contributed by atoms with Crippen LogP contribution >= 0.6 is 0 Å². The van der Waals surface area contributed by atoms with Crippen LogP contribution in [0, 0.1) is 28.9 Å². The van der Waals surface area contributed by atoms with E-state index in [1.165, 1.54) is 48.5 Å². The molecule has 0 radical (unpaired) electrons. The van der Waals surface area contributed by atoms with Crippen LogP contribution in [0.25, 0.3) is 0 Å². The number of aromatic hydroxyl groups is 1. The van der Waals surface area contributed by atoms with Crippen LogP contribution in [-0.4, -0.2) is 25.2 Å². The summed E-state index contributed by atoms with van der Waals surface area (Å²) in [5.74, 6) is 2.86. The molecule has 2 N–H and O–H groups in total. The van der Waals surface area contributed by atoms with E-state index < -0.39 is 38.8 Å². The van der Waals surface area contributed by atoms with Gasteiger partial charge in [-0.1, -0.05) is 44.2 Å². The van der Waals surface area contributed by atoms with Gasteiger partial charge in [-0.05, 0) is 61.1 Å². The molecule has 2 aliphatic heterocycles. The first-order valence-corrected chi connectivity index (χ1v) is 14.9. The number of rotatable bonds is 4. The molecule has 0 aliphatic carbocycles. The number of aryl methyl sites for hydroxylation is 1. The van der Waals surface area contributed by atoms with Gasteiger partial charge in [-0.2, -0.15) is 0 Å². The van der Waals surface area contributed by atoms with Crippen molar-refractivity contribution in [3.8, 4) is 17.6 Å². The van der Waals surface area contributed by atoms with Gasteiger partial charge in [-0.15, -0.1) is 11.8 Å². The minimum atomic E-state index is -4.08. The number of phenolic OH excluding ortho intramolecular Hbond substituents is 1. The molecule has 41 heavy (non-hydrogen) atoms. The zero-order chi connectivity index (χ0) is 29.5. The number of sulfone groups is 1. The van der Waals surface area contributed by atoms with Crippen molar-refractivity contribution < 1.29 is 27.1 Å². The number of fused-ring (bicyclic) bond motifs is 1. The second-order valence-corrected chi connectivity index (χ2v) is 13.0. The summed E-state index contributed by atoms with van der Waals surface area (Å²) in [7, 11) is -4.08. The lowest BCUT2D eigenvalue weighted by Gasteiger charge is -2.37. The molecule has 3 aromatic rings. The predicted molar refractivity (Wildman–Crippen MR) is 155 cm³/mol. The molecular formula is C32H30F2N2O4S. The summed E-state index contributed by atoms with van der Waals surface area (Å²) in [5.41, 5.74) is 0.0100. The van der Waals surface area contributed by atoms with Gasteiger partial charge in [0.05, 0.1) is 21.9 Å². The van der Waals surface area contributed by atoms with Gasteiger partial charge in [0.2, 0.25) is 0 Å². The van der Waals surface area contributed by atoms with Crippen LogP contribution in [0.15, 0.2) is 71.3 Å². The van der Waals surface area contributed by atoms with Crippen LogP contribution < -0.4 is 10.2 Å². The van der Waals surface area contributed by atoms with Gasteiger partial charge < -0.3 is 10.4 Å². The number of hydrogen-bond acceptors (Lipinski definition) is 5. The lowest BCUT2D eigenvalue weighted by atomic mass is 9.88. The molecule has 0 saturated carbocycles. The molecule has 1 atom stereocenters. The Morgan fingerprint density at radius 1 is 1.10 bits per heavy atom. The van der Waals surface area contributed by atoms with Crippen molar-refractivity contribution in [2.24, 2.45) is 5.41 Å². The minimum Gasteiger partial charge on any atom is -0.506 e. The fraction of sp³-hybridized carbons (Fsp3) is 0.281. The highest BCUT2D eigenvalue weighted by Gasteiger charge is 2.48. The maximum absolute atomic E-state index is 16.1. The summed E-state index contributed by atoms with van der Waals surface area (Å²) in [4.78, 5) is 15.1. The van der Waals surface area contributed by atoms with E-state index >= 15 is 8.78 Å². The Morgan fingerprint density at radius 3 is 2.56 bits per heavy atom. The molecule has 0 spiro atoms. The zero-order valence-electron chi connectivity index (χ0n) is 23.0. The van der Waals surface area contributed by atoms with E-state index in [1.807, 2.05) is 0 Å². The highest BCUT2D eigenvalue weighted by atomic mass is 32.2. The number of halogens is 2. The summed E-state index contributed by atoms with van der Waals surface area (Å²) in [6, 6.07) is 12.7. The molecule has 9 heteroatoms. The topological polar surface area (TPSA) is 86.7 Å². The largest absolute Gasteiger partial charge is 0.506 e. The molecule has 212 valence electrons. The fourth-order valence-electron chi connectivity index (χ4n) is 5.65. The Balaban J connectivity index is 1.82. The Kier molecular flexibility index (Phi) is 7.39. The number of para-hydroxylation sites is 1. The number of allylic oxidation sites excluding steroid dienone is 1. The second kappa shape index (κ2) is 10.7. The normalized spacial score (nSPS) is 18.8. The number of phenols is 1. The summed E-state index contributed by atoms with van der Waals surface area (Å²) in [5, 5.41) is 14.0.